The lowest BCUT2D eigenvalue weighted by Gasteiger charge is -2.10. The van der Waals surface area contributed by atoms with Crippen molar-refractivity contribution in [3.05, 3.63) is 72.4 Å². The maximum absolute atomic E-state index is 5.19. The van der Waals surface area contributed by atoms with Gasteiger partial charge in [0.1, 0.15) is 12.0 Å². The predicted octanol–water partition coefficient (Wildman–Crippen LogP) is 4.46. The molecule has 2 aromatic heterocycles. The molecule has 124 valence electrons. The fraction of sp³-hybridized carbons (Fsp3) is 0.150. The van der Waals surface area contributed by atoms with Gasteiger partial charge in [0, 0.05) is 11.9 Å². The minimum Gasteiger partial charge on any atom is -0.332 e. The Kier molecular flexibility index (Phi) is 3.90. The first-order chi connectivity index (χ1) is 12.2. The molecule has 0 saturated carbocycles. The lowest BCUT2D eigenvalue weighted by Crippen LogP contribution is -1.92. The first-order valence-corrected chi connectivity index (χ1v) is 8.28. The van der Waals surface area contributed by atoms with E-state index in [1.54, 1.807) is 13.3 Å². The summed E-state index contributed by atoms with van der Waals surface area (Å²) in [6.07, 6.45) is 4.67. The molecule has 0 saturated heterocycles. The summed E-state index contributed by atoms with van der Waals surface area (Å²) in [4.78, 5) is 8.60. The predicted molar refractivity (Wildman–Crippen MR) is 96.4 cm³/mol. The van der Waals surface area contributed by atoms with Crippen LogP contribution < -0.4 is 0 Å². The Bertz CT molecular complexity index is 1020. The van der Waals surface area contributed by atoms with E-state index in [1.807, 2.05) is 10.8 Å². The van der Waals surface area contributed by atoms with E-state index in [-0.39, 0.29) is 0 Å². The summed E-state index contributed by atoms with van der Waals surface area (Å²) in [6, 6.07) is 16.9. The zero-order chi connectivity index (χ0) is 17.2. The number of nitrogens with zero attached hydrogens (tertiary/aromatic N) is 4. The Morgan fingerprint density at radius 3 is 2.76 bits per heavy atom. The minimum absolute atomic E-state index is 0.434. The van der Waals surface area contributed by atoms with Gasteiger partial charge in [-0.25, -0.2) is 4.98 Å². The normalized spacial score (nSPS) is 11.0. The maximum Gasteiger partial charge on any atom is 0.278 e. The van der Waals surface area contributed by atoms with Crippen LogP contribution in [-0.4, -0.2) is 19.7 Å². The molecule has 0 radical (unpaired) electrons. The van der Waals surface area contributed by atoms with Gasteiger partial charge < -0.3 is 9.09 Å². The van der Waals surface area contributed by atoms with Gasteiger partial charge in [-0.3, -0.25) is 0 Å². The molecule has 0 amide bonds. The van der Waals surface area contributed by atoms with E-state index >= 15 is 0 Å². The largest absolute Gasteiger partial charge is 0.332 e. The molecule has 0 unspecified atom stereocenters. The summed E-state index contributed by atoms with van der Waals surface area (Å²) < 4.78 is 7.15. The molecule has 0 bridgehead atoms. The van der Waals surface area contributed by atoms with Gasteiger partial charge in [0.05, 0.1) is 0 Å². The van der Waals surface area contributed by atoms with E-state index < -0.39 is 0 Å². The molecule has 5 nitrogen and oxygen atoms in total. The molecule has 0 N–H and O–H groups in total. The van der Waals surface area contributed by atoms with Crippen LogP contribution in [0.15, 0.2) is 65.6 Å². The van der Waals surface area contributed by atoms with Crippen LogP contribution in [0.1, 0.15) is 18.3 Å². The lowest BCUT2D eigenvalue weighted by molar-refractivity contribution is 0.424. The third-order valence-electron chi connectivity index (χ3n) is 4.18. The Hall–Kier alpha value is -3.21. The molecule has 0 fully saturated rings. The second-order valence-corrected chi connectivity index (χ2v) is 5.87. The molecular weight excluding hydrogens is 312 g/mol. The summed E-state index contributed by atoms with van der Waals surface area (Å²) in [5.41, 5.74) is 5.50. The Balaban J connectivity index is 1.72. The quantitative estimate of drug-likeness (QED) is 0.554. The van der Waals surface area contributed by atoms with Crippen molar-refractivity contribution in [1.29, 1.82) is 0 Å². The monoisotopic (exact) mass is 330 g/mol. The van der Waals surface area contributed by atoms with Crippen LogP contribution in [0.4, 0.5) is 0 Å². The Morgan fingerprint density at radius 1 is 1.08 bits per heavy atom. The molecule has 5 heteroatoms. The first kappa shape index (κ1) is 15.3. The number of hydrogen-bond donors (Lipinski definition) is 0. The molecule has 0 aliphatic heterocycles. The summed E-state index contributed by atoms with van der Waals surface area (Å²) in [7, 11) is 0. The van der Waals surface area contributed by atoms with Crippen molar-refractivity contribution in [2.45, 2.75) is 20.3 Å². The molecule has 0 atom stereocenters. The molecule has 4 rings (SSSR count). The molecule has 2 aromatic carbocycles. The molecular formula is C20H18N4O. The highest BCUT2D eigenvalue weighted by Crippen LogP contribution is 2.26. The van der Waals surface area contributed by atoms with Crippen molar-refractivity contribution < 1.29 is 4.52 Å². The van der Waals surface area contributed by atoms with Gasteiger partial charge in [0.15, 0.2) is 5.82 Å². The zero-order valence-corrected chi connectivity index (χ0v) is 14.2. The van der Waals surface area contributed by atoms with Crippen LogP contribution in [-0.2, 0) is 6.42 Å². The molecule has 2 heterocycles. The number of hydrogen-bond acceptors (Lipinski definition) is 4. The third kappa shape index (κ3) is 2.96. The number of aryl methyl sites for hydroxylation is 2. The molecule has 0 spiro atoms. The summed E-state index contributed by atoms with van der Waals surface area (Å²) >= 11 is 0. The number of imidazole rings is 1. The standard InChI is InChI=1S/C20H18N4O/c1-3-15-7-4-5-10-18(15)16-8-6-9-17(11-16)24-12-19(21-13-24)20-22-14(2)23-25-20/h4-13H,3H2,1-2H3. The lowest BCUT2D eigenvalue weighted by atomic mass is 9.98. The average Bonchev–Trinajstić information content (AvgIpc) is 3.31. The highest BCUT2D eigenvalue weighted by Gasteiger charge is 2.11. The van der Waals surface area contributed by atoms with Crippen LogP contribution in [0.25, 0.3) is 28.4 Å². The van der Waals surface area contributed by atoms with Crippen molar-refractivity contribution in [3.63, 3.8) is 0 Å². The SMILES string of the molecule is CCc1ccccc1-c1cccc(-n2cnc(-c3nc(C)no3)c2)c1. The van der Waals surface area contributed by atoms with Gasteiger partial charge in [0.25, 0.3) is 5.89 Å². The van der Waals surface area contributed by atoms with Gasteiger partial charge in [-0.05, 0) is 42.2 Å². The molecule has 0 aliphatic carbocycles. The molecule has 0 aliphatic rings. The Morgan fingerprint density at radius 2 is 1.96 bits per heavy atom. The second-order valence-electron chi connectivity index (χ2n) is 5.87. The molecule has 25 heavy (non-hydrogen) atoms. The average molecular weight is 330 g/mol. The van der Waals surface area contributed by atoms with Crippen molar-refractivity contribution >= 4 is 0 Å². The highest BCUT2D eigenvalue weighted by atomic mass is 16.5. The van der Waals surface area contributed by atoms with Crippen LogP contribution in [0.5, 0.6) is 0 Å². The second kappa shape index (κ2) is 6.36. The van der Waals surface area contributed by atoms with Gasteiger partial charge >= 0.3 is 0 Å². The van der Waals surface area contributed by atoms with E-state index in [1.165, 1.54) is 16.7 Å². The van der Waals surface area contributed by atoms with E-state index in [9.17, 15) is 0 Å². The third-order valence-corrected chi connectivity index (χ3v) is 4.18. The minimum atomic E-state index is 0.434. The van der Waals surface area contributed by atoms with Crippen LogP contribution in [0.3, 0.4) is 0 Å². The van der Waals surface area contributed by atoms with Crippen molar-refractivity contribution in [2.75, 3.05) is 0 Å². The zero-order valence-electron chi connectivity index (χ0n) is 14.2. The van der Waals surface area contributed by atoms with Crippen LogP contribution >= 0.6 is 0 Å². The van der Waals surface area contributed by atoms with E-state index in [0.717, 1.165) is 12.1 Å². The van der Waals surface area contributed by atoms with E-state index in [0.29, 0.717) is 17.4 Å². The smallest absolute Gasteiger partial charge is 0.278 e. The van der Waals surface area contributed by atoms with Crippen LogP contribution in [0, 0.1) is 6.92 Å². The maximum atomic E-state index is 5.19. The van der Waals surface area contributed by atoms with E-state index in [2.05, 4.69) is 70.6 Å². The van der Waals surface area contributed by atoms with Crippen LogP contribution in [0.2, 0.25) is 0 Å². The number of benzene rings is 2. The van der Waals surface area contributed by atoms with Crippen molar-refractivity contribution in [1.82, 2.24) is 19.7 Å². The molecule has 4 aromatic rings. The highest BCUT2D eigenvalue weighted by molar-refractivity contribution is 5.69. The van der Waals surface area contributed by atoms with Gasteiger partial charge in [-0.1, -0.05) is 48.5 Å². The Labute approximate surface area is 146 Å². The number of aromatic nitrogens is 4. The summed E-state index contributed by atoms with van der Waals surface area (Å²) in [5.74, 6) is 1.03. The van der Waals surface area contributed by atoms with Gasteiger partial charge in [-0.2, -0.15) is 4.98 Å². The summed E-state index contributed by atoms with van der Waals surface area (Å²) in [6.45, 7) is 3.97. The van der Waals surface area contributed by atoms with Gasteiger partial charge in [-0.15, -0.1) is 0 Å². The fourth-order valence-corrected chi connectivity index (χ4v) is 2.92. The van der Waals surface area contributed by atoms with Crippen molar-refractivity contribution in [2.24, 2.45) is 0 Å². The number of rotatable bonds is 4. The topological polar surface area (TPSA) is 56.7 Å². The summed E-state index contributed by atoms with van der Waals surface area (Å²) in [5, 5.41) is 3.81. The fourth-order valence-electron chi connectivity index (χ4n) is 2.92. The van der Waals surface area contributed by atoms with E-state index in [4.69, 9.17) is 4.52 Å². The first-order valence-electron chi connectivity index (χ1n) is 8.28. The van der Waals surface area contributed by atoms with Gasteiger partial charge in [0.2, 0.25) is 0 Å². The van der Waals surface area contributed by atoms with Crippen molar-refractivity contribution in [3.8, 4) is 28.4 Å².